The van der Waals surface area contributed by atoms with Crippen LogP contribution in [-0.2, 0) is 0 Å². The first-order valence-electron chi connectivity index (χ1n) is 7.93. The Morgan fingerprint density at radius 2 is 1.74 bits per heavy atom. The lowest BCUT2D eigenvalue weighted by atomic mass is 10.1. The van der Waals surface area contributed by atoms with Crippen LogP contribution in [0.3, 0.4) is 0 Å². The predicted molar refractivity (Wildman–Crippen MR) is 89.9 cm³/mol. The smallest absolute Gasteiger partial charge is 0.136 e. The zero-order valence-corrected chi connectivity index (χ0v) is 13.1. The summed E-state index contributed by atoms with van der Waals surface area (Å²) in [4.78, 5) is 4.69. The van der Waals surface area contributed by atoms with Crippen LogP contribution in [-0.4, -0.2) is 43.0 Å². The SMILES string of the molecule is CN1CCN(C2=Cc3cc(F)ccc3Oc3ccccc32)CC1. The van der Waals surface area contributed by atoms with Crippen molar-refractivity contribution in [3.05, 3.63) is 59.4 Å². The number of piperazine rings is 1. The lowest BCUT2D eigenvalue weighted by molar-refractivity contribution is 0.207. The van der Waals surface area contributed by atoms with Gasteiger partial charge in [0.2, 0.25) is 0 Å². The van der Waals surface area contributed by atoms with Crippen molar-refractivity contribution in [3.8, 4) is 11.5 Å². The standard InChI is InChI=1S/C19H19FN2O/c1-21-8-10-22(11-9-21)17-13-14-12-15(20)6-7-18(14)23-19-5-3-2-4-16(17)19/h2-7,12-13H,8-11H2,1H3. The molecule has 0 N–H and O–H groups in total. The van der Waals surface area contributed by atoms with Gasteiger partial charge in [-0.3, -0.25) is 0 Å². The molecule has 2 aliphatic rings. The molecule has 4 rings (SSSR count). The van der Waals surface area contributed by atoms with E-state index < -0.39 is 0 Å². The molecule has 0 aliphatic carbocycles. The van der Waals surface area contributed by atoms with Crippen LogP contribution in [0.2, 0.25) is 0 Å². The van der Waals surface area contributed by atoms with E-state index in [0.717, 1.165) is 48.8 Å². The van der Waals surface area contributed by atoms with E-state index in [2.05, 4.69) is 29.0 Å². The van der Waals surface area contributed by atoms with Gasteiger partial charge >= 0.3 is 0 Å². The van der Waals surface area contributed by atoms with Gasteiger partial charge in [-0.05, 0) is 43.5 Å². The third-order valence-corrected chi connectivity index (χ3v) is 4.49. The lowest BCUT2D eigenvalue weighted by Crippen LogP contribution is -2.43. The summed E-state index contributed by atoms with van der Waals surface area (Å²) in [6.45, 7) is 3.97. The zero-order chi connectivity index (χ0) is 15.8. The summed E-state index contributed by atoms with van der Waals surface area (Å²) >= 11 is 0. The van der Waals surface area contributed by atoms with Gasteiger partial charge in [0.25, 0.3) is 0 Å². The molecule has 0 unspecified atom stereocenters. The number of hydrogen-bond donors (Lipinski definition) is 0. The Hall–Kier alpha value is -2.33. The third kappa shape index (κ3) is 2.70. The molecule has 2 heterocycles. The molecule has 1 saturated heterocycles. The van der Waals surface area contributed by atoms with Gasteiger partial charge in [-0.25, -0.2) is 4.39 Å². The lowest BCUT2D eigenvalue weighted by Gasteiger charge is -2.35. The highest BCUT2D eigenvalue weighted by Crippen LogP contribution is 2.39. The molecule has 0 amide bonds. The van der Waals surface area contributed by atoms with Crippen molar-refractivity contribution in [2.45, 2.75) is 0 Å². The van der Waals surface area contributed by atoms with Gasteiger partial charge in [-0.15, -0.1) is 0 Å². The third-order valence-electron chi connectivity index (χ3n) is 4.49. The number of halogens is 1. The quantitative estimate of drug-likeness (QED) is 0.799. The van der Waals surface area contributed by atoms with Gasteiger partial charge in [-0.2, -0.15) is 0 Å². The average Bonchev–Trinajstić information content (AvgIpc) is 2.72. The topological polar surface area (TPSA) is 15.7 Å². The number of fused-ring (bicyclic) bond motifs is 2. The van der Waals surface area contributed by atoms with Crippen molar-refractivity contribution in [1.82, 2.24) is 9.80 Å². The van der Waals surface area contributed by atoms with Crippen molar-refractivity contribution >= 4 is 11.8 Å². The van der Waals surface area contributed by atoms with Gasteiger partial charge in [0.05, 0.1) is 0 Å². The Morgan fingerprint density at radius 1 is 0.957 bits per heavy atom. The second kappa shape index (κ2) is 5.70. The van der Waals surface area contributed by atoms with Crippen LogP contribution in [0.25, 0.3) is 11.8 Å². The Labute approximate surface area is 135 Å². The van der Waals surface area contributed by atoms with Crippen molar-refractivity contribution in [3.63, 3.8) is 0 Å². The Bertz CT molecular complexity index is 764. The molecule has 0 radical (unpaired) electrons. The summed E-state index contributed by atoms with van der Waals surface area (Å²) in [5.74, 6) is 1.28. The molecular weight excluding hydrogens is 291 g/mol. The van der Waals surface area contributed by atoms with Crippen LogP contribution in [0, 0.1) is 5.82 Å². The fourth-order valence-electron chi connectivity index (χ4n) is 3.14. The van der Waals surface area contributed by atoms with Crippen molar-refractivity contribution in [2.75, 3.05) is 33.2 Å². The molecule has 2 aromatic carbocycles. The number of hydrogen-bond acceptors (Lipinski definition) is 3. The molecule has 118 valence electrons. The molecule has 4 heteroatoms. The average molecular weight is 310 g/mol. The Kier molecular flexibility index (Phi) is 3.54. The van der Waals surface area contributed by atoms with Gasteiger partial charge in [0, 0.05) is 43.0 Å². The molecule has 23 heavy (non-hydrogen) atoms. The number of nitrogens with zero attached hydrogens (tertiary/aromatic N) is 2. The number of ether oxygens (including phenoxy) is 1. The zero-order valence-electron chi connectivity index (χ0n) is 13.1. The Morgan fingerprint density at radius 3 is 2.57 bits per heavy atom. The highest BCUT2D eigenvalue weighted by atomic mass is 19.1. The summed E-state index contributed by atoms with van der Waals surface area (Å²) < 4.78 is 19.7. The van der Waals surface area contributed by atoms with Crippen LogP contribution >= 0.6 is 0 Å². The van der Waals surface area contributed by atoms with E-state index >= 15 is 0 Å². The normalized spacial score (nSPS) is 17.7. The summed E-state index contributed by atoms with van der Waals surface area (Å²) in [6, 6.07) is 12.7. The van der Waals surface area contributed by atoms with E-state index in [1.54, 1.807) is 6.07 Å². The summed E-state index contributed by atoms with van der Waals surface area (Å²) in [7, 11) is 2.14. The second-order valence-corrected chi connectivity index (χ2v) is 6.10. The largest absolute Gasteiger partial charge is 0.456 e. The predicted octanol–water partition coefficient (Wildman–Crippen LogP) is 3.68. The van der Waals surface area contributed by atoms with Crippen molar-refractivity contribution < 1.29 is 9.13 Å². The molecule has 0 aromatic heterocycles. The van der Waals surface area contributed by atoms with Crippen LogP contribution in [0.5, 0.6) is 11.5 Å². The van der Waals surface area contributed by atoms with Gasteiger partial charge in [-0.1, -0.05) is 12.1 Å². The van der Waals surface area contributed by atoms with Gasteiger partial charge in [0.15, 0.2) is 0 Å². The second-order valence-electron chi connectivity index (χ2n) is 6.10. The fraction of sp³-hybridized carbons (Fsp3) is 0.263. The Balaban J connectivity index is 1.83. The maximum Gasteiger partial charge on any atom is 0.136 e. The monoisotopic (exact) mass is 310 g/mol. The number of rotatable bonds is 1. The number of likely N-dealkylation sites (N-methyl/N-ethyl adjacent to an activating group) is 1. The first-order chi connectivity index (χ1) is 11.2. The molecule has 0 bridgehead atoms. The number of para-hydroxylation sites is 1. The highest BCUT2D eigenvalue weighted by molar-refractivity contribution is 5.86. The minimum Gasteiger partial charge on any atom is -0.456 e. The fourth-order valence-corrected chi connectivity index (χ4v) is 3.14. The summed E-state index contributed by atoms with van der Waals surface area (Å²) in [5.41, 5.74) is 2.96. The minimum absolute atomic E-state index is 0.243. The van der Waals surface area contributed by atoms with Gasteiger partial charge in [0.1, 0.15) is 17.3 Å². The van der Waals surface area contributed by atoms with Crippen LogP contribution in [0.1, 0.15) is 11.1 Å². The van der Waals surface area contributed by atoms with E-state index in [9.17, 15) is 4.39 Å². The van der Waals surface area contributed by atoms with Crippen LogP contribution in [0.4, 0.5) is 4.39 Å². The molecule has 3 nitrogen and oxygen atoms in total. The van der Waals surface area contributed by atoms with Gasteiger partial charge < -0.3 is 14.5 Å². The molecule has 1 fully saturated rings. The molecule has 2 aliphatic heterocycles. The van der Waals surface area contributed by atoms with E-state index in [1.165, 1.54) is 12.1 Å². The van der Waals surface area contributed by atoms with Crippen molar-refractivity contribution in [1.29, 1.82) is 0 Å². The van der Waals surface area contributed by atoms with Crippen molar-refractivity contribution in [2.24, 2.45) is 0 Å². The molecular formula is C19H19FN2O. The first kappa shape index (κ1) is 14.3. The van der Waals surface area contributed by atoms with E-state index in [4.69, 9.17) is 4.74 Å². The molecule has 0 spiro atoms. The maximum absolute atomic E-state index is 13.7. The van der Waals surface area contributed by atoms with E-state index in [1.807, 2.05) is 18.2 Å². The molecule has 0 saturated carbocycles. The summed E-state index contributed by atoms with van der Waals surface area (Å²) in [5, 5.41) is 0. The number of benzene rings is 2. The molecule has 0 atom stereocenters. The first-order valence-corrected chi connectivity index (χ1v) is 7.93. The molecule has 2 aromatic rings. The minimum atomic E-state index is -0.243. The maximum atomic E-state index is 13.7. The highest BCUT2D eigenvalue weighted by Gasteiger charge is 2.23. The summed E-state index contributed by atoms with van der Waals surface area (Å²) in [6.07, 6.45) is 2.05. The van der Waals surface area contributed by atoms with Crippen LogP contribution < -0.4 is 4.74 Å². The van der Waals surface area contributed by atoms with E-state index in [-0.39, 0.29) is 5.82 Å². The van der Waals surface area contributed by atoms with E-state index in [0.29, 0.717) is 5.75 Å². The van der Waals surface area contributed by atoms with Crippen LogP contribution in [0.15, 0.2) is 42.5 Å².